The maximum absolute atomic E-state index is 12.5. The Morgan fingerprint density at radius 2 is 1.46 bits per heavy atom. The van der Waals surface area contributed by atoms with Crippen molar-refractivity contribution in [3.05, 3.63) is 83.9 Å². The lowest BCUT2D eigenvalue weighted by Crippen LogP contribution is -2.19. The Kier molecular flexibility index (Phi) is 4.41. The number of benzene rings is 4. The molecule has 1 amide bonds. The van der Waals surface area contributed by atoms with Gasteiger partial charge in [-0.05, 0) is 41.3 Å². The number of hydrazone groups is 1. The molecule has 138 valence electrons. The van der Waals surface area contributed by atoms with Crippen LogP contribution in [-0.2, 0) is 0 Å². The summed E-state index contributed by atoms with van der Waals surface area (Å²) in [7, 11) is 0. The number of hydrogen-bond acceptors (Lipinski definition) is 4. The van der Waals surface area contributed by atoms with Crippen molar-refractivity contribution in [3.8, 4) is 11.5 Å². The van der Waals surface area contributed by atoms with Crippen LogP contribution in [-0.4, -0.2) is 21.8 Å². The first kappa shape index (κ1) is 17.5. The van der Waals surface area contributed by atoms with Crippen LogP contribution < -0.4 is 5.43 Å². The third kappa shape index (κ3) is 3.14. The fourth-order valence-electron chi connectivity index (χ4n) is 3.21. The molecule has 0 heterocycles. The van der Waals surface area contributed by atoms with Gasteiger partial charge in [0.15, 0.2) is 0 Å². The molecule has 0 saturated carbocycles. The summed E-state index contributed by atoms with van der Waals surface area (Å²) in [4.78, 5) is 12.5. The Hall–Kier alpha value is -3.86. The van der Waals surface area contributed by atoms with Crippen molar-refractivity contribution in [2.75, 3.05) is 0 Å². The number of rotatable bonds is 3. The maximum Gasteiger partial charge on any atom is 0.275 e. The van der Waals surface area contributed by atoms with Crippen LogP contribution in [0.2, 0.25) is 0 Å². The highest BCUT2D eigenvalue weighted by Crippen LogP contribution is 2.29. The summed E-state index contributed by atoms with van der Waals surface area (Å²) >= 11 is 0. The molecular formula is C23H18N2O3. The van der Waals surface area contributed by atoms with Crippen molar-refractivity contribution < 1.29 is 15.0 Å². The molecule has 0 aliphatic carbocycles. The number of phenolic OH excluding ortho intramolecular Hbond substituents is 2. The smallest absolute Gasteiger partial charge is 0.275 e. The molecule has 0 aliphatic rings. The van der Waals surface area contributed by atoms with Crippen LogP contribution in [0.1, 0.15) is 22.8 Å². The average Bonchev–Trinajstić information content (AvgIpc) is 2.71. The van der Waals surface area contributed by atoms with Gasteiger partial charge < -0.3 is 10.2 Å². The summed E-state index contributed by atoms with van der Waals surface area (Å²) in [6.07, 6.45) is 0. The summed E-state index contributed by atoms with van der Waals surface area (Å²) < 4.78 is 0. The van der Waals surface area contributed by atoms with Gasteiger partial charge in [0.25, 0.3) is 5.91 Å². The number of amides is 1. The van der Waals surface area contributed by atoms with Gasteiger partial charge in [0.2, 0.25) is 0 Å². The molecule has 3 N–H and O–H groups in total. The molecule has 0 bridgehead atoms. The lowest BCUT2D eigenvalue weighted by atomic mass is 10.0. The molecule has 5 nitrogen and oxygen atoms in total. The van der Waals surface area contributed by atoms with Crippen LogP contribution in [0, 0.1) is 0 Å². The summed E-state index contributed by atoms with van der Waals surface area (Å²) in [5, 5.41) is 28.1. The summed E-state index contributed by atoms with van der Waals surface area (Å²) in [6, 6.07) is 21.8. The molecule has 28 heavy (non-hydrogen) atoms. The van der Waals surface area contributed by atoms with E-state index in [-0.39, 0.29) is 17.1 Å². The van der Waals surface area contributed by atoms with Crippen molar-refractivity contribution in [2.24, 2.45) is 5.10 Å². The van der Waals surface area contributed by atoms with E-state index < -0.39 is 5.91 Å². The quantitative estimate of drug-likeness (QED) is 0.365. The highest BCUT2D eigenvalue weighted by molar-refractivity contribution is 6.07. The van der Waals surface area contributed by atoms with Gasteiger partial charge in [0, 0.05) is 10.9 Å². The minimum atomic E-state index is -0.525. The Morgan fingerprint density at radius 1 is 0.821 bits per heavy atom. The predicted octanol–water partition coefficient (Wildman–Crippen LogP) is 4.56. The van der Waals surface area contributed by atoms with Crippen molar-refractivity contribution >= 4 is 33.2 Å². The molecule has 4 aromatic rings. The Bertz CT molecular complexity index is 1250. The van der Waals surface area contributed by atoms with Gasteiger partial charge in [-0.1, -0.05) is 54.6 Å². The standard InChI is InChI=1S/C23H18N2O3/c1-14(18-11-10-15-6-4-5-9-19(15)22(18)27)24-25-23(28)20-12-16-7-2-3-8-17(16)13-21(20)26/h2-13,26-27H,1H3,(H,25,28)/b24-14+. The van der Waals surface area contributed by atoms with Crippen molar-refractivity contribution in [1.29, 1.82) is 0 Å². The number of nitrogens with one attached hydrogen (secondary N) is 1. The molecule has 0 unspecified atom stereocenters. The summed E-state index contributed by atoms with van der Waals surface area (Å²) in [5.41, 5.74) is 3.58. The number of carbonyl (C=O) groups excluding carboxylic acids is 1. The van der Waals surface area contributed by atoms with E-state index in [1.807, 2.05) is 54.6 Å². The van der Waals surface area contributed by atoms with Crippen molar-refractivity contribution in [2.45, 2.75) is 6.92 Å². The van der Waals surface area contributed by atoms with Gasteiger partial charge in [0.05, 0.1) is 11.3 Å². The molecule has 4 rings (SSSR count). The number of carbonyl (C=O) groups is 1. The molecule has 0 saturated heterocycles. The normalized spacial score (nSPS) is 11.7. The van der Waals surface area contributed by atoms with Gasteiger partial charge >= 0.3 is 0 Å². The molecule has 0 aliphatic heterocycles. The minimum absolute atomic E-state index is 0.113. The van der Waals surface area contributed by atoms with Gasteiger partial charge in [-0.15, -0.1) is 0 Å². The second kappa shape index (κ2) is 7.04. The van der Waals surface area contributed by atoms with Crippen LogP contribution >= 0.6 is 0 Å². The van der Waals surface area contributed by atoms with Gasteiger partial charge in [-0.25, -0.2) is 5.43 Å². The average molecular weight is 370 g/mol. The van der Waals surface area contributed by atoms with E-state index in [1.165, 1.54) is 0 Å². The molecule has 0 spiro atoms. The number of hydrogen-bond donors (Lipinski definition) is 3. The van der Waals surface area contributed by atoms with E-state index in [9.17, 15) is 15.0 Å². The zero-order chi connectivity index (χ0) is 19.7. The number of phenols is 2. The lowest BCUT2D eigenvalue weighted by molar-refractivity contribution is 0.0952. The monoisotopic (exact) mass is 370 g/mol. The van der Waals surface area contributed by atoms with Gasteiger partial charge in [0.1, 0.15) is 11.5 Å². The van der Waals surface area contributed by atoms with E-state index in [2.05, 4.69) is 10.5 Å². The van der Waals surface area contributed by atoms with E-state index >= 15 is 0 Å². The highest BCUT2D eigenvalue weighted by Gasteiger charge is 2.13. The second-order valence-corrected chi connectivity index (χ2v) is 6.54. The Balaban J connectivity index is 1.63. The zero-order valence-corrected chi connectivity index (χ0v) is 15.2. The molecule has 5 heteroatoms. The fourth-order valence-corrected chi connectivity index (χ4v) is 3.21. The topological polar surface area (TPSA) is 81.9 Å². The SMILES string of the molecule is C/C(=N\NC(=O)c1cc2ccccc2cc1O)c1ccc2ccccc2c1O. The number of aromatic hydroxyl groups is 2. The minimum Gasteiger partial charge on any atom is -0.507 e. The maximum atomic E-state index is 12.5. The van der Waals surface area contributed by atoms with Crippen LogP contribution in [0.3, 0.4) is 0 Å². The van der Waals surface area contributed by atoms with Crippen LogP contribution in [0.4, 0.5) is 0 Å². The third-order valence-electron chi connectivity index (χ3n) is 4.72. The van der Waals surface area contributed by atoms with E-state index in [1.54, 1.807) is 25.1 Å². The second-order valence-electron chi connectivity index (χ2n) is 6.54. The van der Waals surface area contributed by atoms with Crippen LogP contribution in [0.25, 0.3) is 21.5 Å². The molecule has 0 fully saturated rings. The lowest BCUT2D eigenvalue weighted by Gasteiger charge is -2.09. The van der Waals surface area contributed by atoms with E-state index in [4.69, 9.17) is 0 Å². The molecule has 0 aromatic heterocycles. The van der Waals surface area contributed by atoms with E-state index in [0.29, 0.717) is 16.7 Å². The molecular weight excluding hydrogens is 352 g/mol. The predicted molar refractivity (Wildman–Crippen MR) is 111 cm³/mol. The Morgan fingerprint density at radius 3 is 2.21 bits per heavy atom. The summed E-state index contributed by atoms with van der Waals surface area (Å²) in [6.45, 7) is 1.70. The van der Waals surface area contributed by atoms with Gasteiger partial charge in [-0.2, -0.15) is 5.10 Å². The molecule has 0 atom stereocenters. The number of nitrogens with zero attached hydrogens (tertiary/aromatic N) is 1. The number of fused-ring (bicyclic) bond motifs is 2. The van der Waals surface area contributed by atoms with Crippen LogP contribution in [0.15, 0.2) is 77.9 Å². The first-order valence-corrected chi connectivity index (χ1v) is 8.82. The first-order chi connectivity index (χ1) is 13.5. The van der Waals surface area contributed by atoms with Crippen molar-refractivity contribution in [1.82, 2.24) is 5.43 Å². The zero-order valence-electron chi connectivity index (χ0n) is 15.2. The van der Waals surface area contributed by atoms with E-state index in [0.717, 1.165) is 16.2 Å². The largest absolute Gasteiger partial charge is 0.507 e. The highest BCUT2D eigenvalue weighted by atomic mass is 16.3. The summed E-state index contributed by atoms with van der Waals surface area (Å²) in [5.74, 6) is -0.525. The first-order valence-electron chi connectivity index (χ1n) is 8.82. The fraction of sp³-hybridized carbons (Fsp3) is 0.0435. The molecule has 0 radical (unpaired) electrons. The van der Waals surface area contributed by atoms with Gasteiger partial charge in [-0.3, -0.25) is 4.79 Å². The Labute approximate surface area is 161 Å². The van der Waals surface area contributed by atoms with Crippen LogP contribution in [0.5, 0.6) is 11.5 Å². The third-order valence-corrected chi connectivity index (χ3v) is 4.72. The van der Waals surface area contributed by atoms with Crippen molar-refractivity contribution in [3.63, 3.8) is 0 Å². The molecule has 4 aromatic carbocycles.